The number of carbonyl (C=O) groups excluding carboxylic acids is 1. The molecule has 0 saturated carbocycles. The average Bonchev–Trinajstić information content (AvgIpc) is 2.91. The molecule has 1 aliphatic rings. The second-order valence-electron chi connectivity index (χ2n) is 5.02. The number of rotatable bonds is 2. The van der Waals surface area contributed by atoms with Crippen LogP contribution in [0.15, 0.2) is 23.6 Å². The molecule has 5 heteroatoms. The molecule has 1 aliphatic heterocycles. The van der Waals surface area contributed by atoms with Gasteiger partial charge in [0.25, 0.3) is 0 Å². The smallest absolute Gasteiger partial charge is 0.231 e. The number of halogens is 1. The molecule has 0 aliphatic carbocycles. The third kappa shape index (κ3) is 2.04. The molecule has 1 N–H and O–H groups in total. The Morgan fingerprint density at radius 1 is 1.45 bits per heavy atom. The quantitative estimate of drug-likeness (QED) is 0.924. The summed E-state index contributed by atoms with van der Waals surface area (Å²) in [7, 11) is 1.77. The van der Waals surface area contributed by atoms with Crippen LogP contribution >= 0.6 is 22.9 Å². The normalized spacial score (nSPS) is 15.6. The third-order valence-corrected chi connectivity index (χ3v) is 5.44. The molecule has 1 atom stereocenters. The molecular weight excluding hydrogens is 294 g/mol. The summed E-state index contributed by atoms with van der Waals surface area (Å²) in [5, 5.41) is 13.0. The number of aryl methyl sites for hydroxylation is 1. The second kappa shape index (κ2) is 4.88. The summed E-state index contributed by atoms with van der Waals surface area (Å²) in [6, 6.07) is 5.63. The molecule has 1 aromatic heterocycles. The van der Waals surface area contributed by atoms with E-state index in [0.29, 0.717) is 11.4 Å². The van der Waals surface area contributed by atoms with Crippen molar-refractivity contribution >= 4 is 34.5 Å². The summed E-state index contributed by atoms with van der Waals surface area (Å²) in [6.07, 6.45) is -0.351. The number of amides is 1. The van der Waals surface area contributed by atoms with Gasteiger partial charge in [-0.25, -0.2) is 0 Å². The summed E-state index contributed by atoms with van der Waals surface area (Å²) in [5.41, 5.74) is 3.62. The molecule has 2 aromatic rings. The highest BCUT2D eigenvalue weighted by atomic mass is 35.5. The second-order valence-corrected chi connectivity index (χ2v) is 6.31. The number of benzene rings is 1. The van der Waals surface area contributed by atoms with Crippen LogP contribution in [0.4, 0.5) is 5.69 Å². The first-order chi connectivity index (χ1) is 9.49. The first-order valence-corrected chi connectivity index (χ1v) is 7.55. The van der Waals surface area contributed by atoms with E-state index in [9.17, 15) is 9.90 Å². The summed E-state index contributed by atoms with van der Waals surface area (Å²) >= 11 is 7.66. The van der Waals surface area contributed by atoms with Crippen molar-refractivity contribution in [1.29, 1.82) is 0 Å². The van der Waals surface area contributed by atoms with Crippen LogP contribution < -0.4 is 4.90 Å². The summed E-state index contributed by atoms with van der Waals surface area (Å²) in [6.45, 7) is 1.92. The zero-order valence-corrected chi connectivity index (χ0v) is 12.8. The predicted octanol–water partition coefficient (Wildman–Crippen LogP) is 3.31. The van der Waals surface area contributed by atoms with Crippen molar-refractivity contribution < 1.29 is 9.90 Å². The van der Waals surface area contributed by atoms with Crippen molar-refractivity contribution in [3.05, 3.63) is 50.2 Å². The Morgan fingerprint density at radius 2 is 2.20 bits per heavy atom. The van der Waals surface area contributed by atoms with E-state index in [4.69, 9.17) is 11.6 Å². The third-order valence-electron chi connectivity index (χ3n) is 3.67. The average molecular weight is 308 g/mol. The summed E-state index contributed by atoms with van der Waals surface area (Å²) < 4.78 is 0. The largest absolute Gasteiger partial charge is 0.383 e. The lowest BCUT2D eigenvalue weighted by Gasteiger charge is -2.13. The van der Waals surface area contributed by atoms with E-state index in [1.807, 2.05) is 30.5 Å². The first kappa shape index (κ1) is 13.6. The van der Waals surface area contributed by atoms with Crippen LogP contribution in [0.2, 0.25) is 5.02 Å². The summed E-state index contributed by atoms with van der Waals surface area (Å²) in [4.78, 5) is 14.1. The Morgan fingerprint density at radius 3 is 2.85 bits per heavy atom. The number of thiophene rings is 1. The van der Waals surface area contributed by atoms with E-state index < -0.39 is 6.10 Å². The number of hydrogen-bond donors (Lipinski definition) is 1. The minimum Gasteiger partial charge on any atom is -0.383 e. The molecule has 2 heterocycles. The number of aliphatic hydroxyl groups is 1. The van der Waals surface area contributed by atoms with Crippen LogP contribution in [0.25, 0.3) is 0 Å². The molecule has 3 rings (SSSR count). The Bertz CT molecular complexity index is 695. The molecule has 1 aromatic carbocycles. The number of hydrogen-bond acceptors (Lipinski definition) is 3. The topological polar surface area (TPSA) is 40.5 Å². The van der Waals surface area contributed by atoms with Gasteiger partial charge < -0.3 is 10.0 Å². The van der Waals surface area contributed by atoms with Gasteiger partial charge in [0, 0.05) is 12.7 Å². The van der Waals surface area contributed by atoms with Crippen molar-refractivity contribution in [3.8, 4) is 0 Å². The molecule has 0 saturated heterocycles. The zero-order valence-electron chi connectivity index (χ0n) is 11.2. The van der Waals surface area contributed by atoms with Gasteiger partial charge in [0.1, 0.15) is 6.10 Å². The minimum atomic E-state index is -0.743. The lowest BCUT2D eigenvalue weighted by molar-refractivity contribution is -0.117. The van der Waals surface area contributed by atoms with Gasteiger partial charge in [-0.3, -0.25) is 4.79 Å². The number of fused-ring (bicyclic) bond motifs is 1. The van der Waals surface area contributed by atoms with Gasteiger partial charge in [0.2, 0.25) is 5.91 Å². The Balaban J connectivity index is 1.98. The van der Waals surface area contributed by atoms with Crippen molar-refractivity contribution in [2.45, 2.75) is 19.4 Å². The van der Waals surface area contributed by atoms with Crippen molar-refractivity contribution in [3.63, 3.8) is 0 Å². The van der Waals surface area contributed by atoms with Gasteiger partial charge in [0.15, 0.2) is 0 Å². The standard InChI is InChI=1S/C15H14ClNO2S/c1-8-7-20-15(13(8)16)14(19)9-3-4-11-10(5-9)6-12(18)17(11)2/h3-5,7,14,19H,6H2,1-2H3. The van der Waals surface area contributed by atoms with E-state index in [1.54, 1.807) is 11.9 Å². The SMILES string of the molecule is Cc1csc(C(O)c2ccc3c(c2)CC(=O)N3C)c1Cl. The lowest BCUT2D eigenvalue weighted by Crippen LogP contribution is -2.20. The molecule has 0 bridgehead atoms. The van der Waals surface area contributed by atoms with Gasteiger partial charge in [-0.1, -0.05) is 23.7 Å². The van der Waals surface area contributed by atoms with Gasteiger partial charge in [-0.2, -0.15) is 0 Å². The Labute approximate surface area is 126 Å². The molecule has 0 radical (unpaired) electrons. The zero-order chi connectivity index (χ0) is 14.4. The maximum Gasteiger partial charge on any atom is 0.231 e. The van der Waals surface area contributed by atoms with Crippen molar-refractivity contribution in [1.82, 2.24) is 0 Å². The molecule has 0 fully saturated rings. The highest BCUT2D eigenvalue weighted by Crippen LogP contribution is 2.37. The first-order valence-electron chi connectivity index (χ1n) is 6.30. The molecule has 1 unspecified atom stereocenters. The Hall–Kier alpha value is -1.36. The fraction of sp³-hybridized carbons (Fsp3) is 0.267. The highest BCUT2D eigenvalue weighted by Gasteiger charge is 2.26. The monoisotopic (exact) mass is 307 g/mol. The van der Waals surface area contributed by atoms with Crippen LogP contribution in [0.5, 0.6) is 0 Å². The van der Waals surface area contributed by atoms with Crippen LogP contribution in [0.3, 0.4) is 0 Å². The van der Waals surface area contributed by atoms with Crippen molar-refractivity contribution in [2.75, 3.05) is 11.9 Å². The van der Waals surface area contributed by atoms with E-state index >= 15 is 0 Å². The van der Waals surface area contributed by atoms with E-state index in [1.165, 1.54) is 11.3 Å². The molecule has 104 valence electrons. The Kier molecular flexibility index (Phi) is 3.32. The number of likely N-dealkylation sites (N-methyl/N-ethyl adjacent to an activating group) is 1. The number of carbonyl (C=O) groups is 1. The fourth-order valence-electron chi connectivity index (χ4n) is 2.45. The molecule has 1 amide bonds. The molecule has 0 spiro atoms. The van der Waals surface area contributed by atoms with Gasteiger partial charge in [0.05, 0.1) is 16.3 Å². The van der Waals surface area contributed by atoms with Gasteiger partial charge >= 0.3 is 0 Å². The van der Waals surface area contributed by atoms with Crippen LogP contribution in [0, 0.1) is 6.92 Å². The van der Waals surface area contributed by atoms with E-state index in [-0.39, 0.29) is 5.91 Å². The van der Waals surface area contributed by atoms with E-state index in [2.05, 4.69) is 0 Å². The van der Waals surface area contributed by atoms with Crippen LogP contribution in [0.1, 0.15) is 27.7 Å². The molecular formula is C15H14ClNO2S. The number of nitrogens with zero attached hydrogens (tertiary/aromatic N) is 1. The van der Waals surface area contributed by atoms with E-state index in [0.717, 1.165) is 27.3 Å². The maximum atomic E-state index is 11.7. The molecule has 3 nitrogen and oxygen atoms in total. The lowest BCUT2D eigenvalue weighted by atomic mass is 10.0. The number of aliphatic hydroxyl groups excluding tert-OH is 1. The highest BCUT2D eigenvalue weighted by molar-refractivity contribution is 7.10. The molecule has 20 heavy (non-hydrogen) atoms. The summed E-state index contributed by atoms with van der Waals surface area (Å²) in [5.74, 6) is 0.0802. The fourth-order valence-corrected chi connectivity index (χ4v) is 3.75. The predicted molar refractivity (Wildman–Crippen MR) is 81.7 cm³/mol. The minimum absolute atomic E-state index is 0.0802. The van der Waals surface area contributed by atoms with Crippen LogP contribution in [-0.2, 0) is 11.2 Å². The maximum absolute atomic E-state index is 11.7. The van der Waals surface area contributed by atoms with Crippen molar-refractivity contribution in [2.24, 2.45) is 0 Å². The number of anilines is 1. The van der Waals surface area contributed by atoms with Gasteiger partial charge in [-0.05, 0) is 35.1 Å². The van der Waals surface area contributed by atoms with Gasteiger partial charge in [-0.15, -0.1) is 11.3 Å². The van der Waals surface area contributed by atoms with Crippen LogP contribution in [-0.4, -0.2) is 18.1 Å².